The fraction of sp³-hybridized carbons (Fsp3) is 0.136. The Morgan fingerprint density at radius 3 is 1.63 bits per heavy atom. The third kappa shape index (κ3) is 10.8. The molecule has 3 aromatic rings. The van der Waals surface area contributed by atoms with E-state index >= 15 is 0 Å². The molecule has 0 atom stereocenters. The number of aliphatic hydroxyl groups excluding tert-OH is 2. The molecule has 0 bridgehead atoms. The Kier molecular flexibility index (Phi) is 22.6. The van der Waals surface area contributed by atoms with E-state index in [9.17, 15) is 0 Å². The number of aliphatic hydroxyl groups is 2. The second-order valence-electron chi connectivity index (χ2n) is 4.77. The Bertz CT molecular complexity index is 720. The Labute approximate surface area is 190 Å². The predicted molar refractivity (Wildman–Crippen MR) is 121 cm³/mol. The van der Waals surface area contributed by atoms with Crippen molar-refractivity contribution >= 4 is 50.6 Å². The van der Waals surface area contributed by atoms with Gasteiger partial charge in [-0.1, -0.05) is 36.4 Å². The van der Waals surface area contributed by atoms with Crippen molar-refractivity contribution < 1.29 is 34.4 Å². The van der Waals surface area contributed by atoms with E-state index in [-0.39, 0.29) is 45.5 Å². The summed E-state index contributed by atoms with van der Waals surface area (Å²) < 4.78 is 3.34. The molecule has 0 saturated carbocycles. The standard InChI is InChI=1S/C13H9.C5H5.C2H6O2.CH3.CH2.2ClH.Zr/c1-3-7-12-10(5-1)9-11-6-2-4-8-13(11)12;1-2-4-5-3-1;3-1-2-4;;;;;/h1-9H;1-3H,4H2;3-4H,1-2H2;1H3;1H2;2*1H;/q2*-1;;-1;;;;. The maximum atomic E-state index is 7.62. The van der Waals surface area contributed by atoms with Gasteiger partial charge in [-0.2, -0.15) is 6.08 Å². The molecular weight excluding hydrogens is 458 g/mol. The number of hydrogen-bond donors (Lipinski definition) is 2. The summed E-state index contributed by atoms with van der Waals surface area (Å²) in [6, 6.07) is 19.3. The molecule has 0 heterocycles. The summed E-state index contributed by atoms with van der Waals surface area (Å²) in [7, 11) is 0. The van der Waals surface area contributed by atoms with Gasteiger partial charge in [0, 0.05) is 0 Å². The fourth-order valence-electron chi connectivity index (χ4n) is 2.24. The Morgan fingerprint density at radius 2 is 1.33 bits per heavy atom. The Morgan fingerprint density at radius 1 is 0.889 bits per heavy atom. The molecule has 0 aliphatic heterocycles. The first kappa shape index (κ1) is 30.8. The van der Waals surface area contributed by atoms with Crippen LogP contribution in [-0.2, 0) is 24.2 Å². The minimum absolute atomic E-state index is 0. The van der Waals surface area contributed by atoms with Crippen molar-refractivity contribution in [2.45, 2.75) is 6.42 Å². The van der Waals surface area contributed by atoms with Crippen molar-refractivity contribution in [3.63, 3.8) is 0 Å². The molecule has 148 valence electrons. The largest absolute Gasteiger partial charge is 0.358 e. The van der Waals surface area contributed by atoms with Crippen LogP contribution in [0.5, 0.6) is 0 Å². The summed E-state index contributed by atoms with van der Waals surface area (Å²) in [4.78, 5) is 0. The van der Waals surface area contributed by atoms with Crippen LogP contribution in [0, 0.1) is 13.5 Å². The molecule has 2 nitrogen and oxygen atoms in total. The molecule has 0 spiro atoms. The van der Waals surface area contributed by atoms with Crippen molar-refractivity contribution in [1.29, 1.82) is 0 Å². The first-order chi connectivity index (χ1) is 11.9. The monoisotopic (exact) mass is 483 g/mol. The van der Waals surface area contributed by atoms with Crippen molar-refractivity contribution in [3.05, 3.63) is 86.3 Å². The van der Waals surface area contributed by atoms with E-state index in [0.717, 1.165) is 6.42 Å². The molecule has 0 saturated heterocycles. The van der Waals surface area contributed by atoms with Crippen LogP contribution >= 0.6 is 24.8 Å². The van der Waals surface area contributed by atoms with Gasteiger partial charge in [0.2, 0.25) is 0 Å². The molecular formula is C22H27Cl2O2Zr-3. The number of fused-ring (bicyclic) bond motifs is 3. The maximum Gasteiger partial charge on any atom is -0.0771 e. The molecule has 0 amide bonds. The summed E-state index contributed by atoms with van der Waals surface area (Å²) in [6.07, 6.45) is 10.0. The molecule has 5 heteroatoms. The van der Waals surface area contributed by atoms with Crippen LogP contribution in [0.1, 0.15) is 6.42 Å². The molecule has 0 aromatic heterocycles. The zero-order valence-electron chi connectivity index (χ0n) is 15.5. The predicted octanol–water partition coefficient (Wildman–Crippen LogP) is 5.25. The molecule has 0 radical (unpaired) electrons. The molecule has 27 heavy (non-hydrogen) atoms. The van der Waals surface area contributed by atoms with Gasteiger partial charge in [-0.15, -0.1) is 71.0 Å². The van der Waals surface area contributed by atoms with Crippen LogP contribution in [0.15, 0.2) is 72.8 Å². The number of halogens is 2. The quantitative estimate of drug-likeness (QED) is 0.463. The van der Waals surface area contributed by atoms with Crippen molar-refractivity contribution in [1.82, 2.24) is 0 Å². The van der Waals surface area contributed by atoms with Crippen LogP contribution in [0.25, 0.3) is 21.5 Å². The number of rotatable bonds is 1. The molecule has 2 N–H and O–H groups in total. The Balaban J connectivity index is -0.000000353. The smallest absolute Gasteiger partial charge is 0.0771 e. The average molecular weight is 486 g/mol. The van der Waals surface area contributed by atoms with Crippen LogP contribution in [-0.4, -0.2) is 27.6 Å². The molecule has 0 fully saturated rings. The van der Waals surface area contributed by atoms with E-state index < -0.39 is 0 Å². The van der Waals surface area contributed by atoms with Gasteiger partial charge < -0.3 is 17.6 Å². The first-order valence-electron chi connectivity index (χ1n) is 7.69. The van der Waals surface area contributed by atoms with E-state index in [2.05, 4.69) is 71.0 Å². The minimum atomic E-state index is -0.125. The molecule has 3 aromatic carbocycles. The van der Waals surface area contributed by atoms with Crippen molar-refractivity contribution in [2.75, 3.05) is 13.2 Å². The average Bonchev–Trinajstić information content (AvgIpc) is 3.35. The normalized spacial score (nSPS) is 9.81. The summed E-state index contributed by atoms with van der Waals surface area (Å²) in [5.41, 5.74) is 0. The minimum Gasteiger partial charge on any atom is -0.358 e. The van der Waals surface area contributed by atoms with Gasteiger partial charge in [0.1, 0.15) is 0 Å². The number of allylic oxidation sites excluding steroid dienone is 4. The second-order valence-corrected chi connectivity index (χ2v) is 4.77. The third-order valence-electron chi connectivity index (χ3n) is 3.21. The van der Waals surface area contributed by atoms with Crippen LogP contribution in [0.4, 0.5) is 0 Å². The van der Waals surface area contributed by atoms with Gasteiger partial charge in [-0.05, 0) is 0 Å². The third-order valence-corrected chi connectivity index (χ3v) is 3.21. The summed E-state index contributed by atoms with van der Waals surface area (Å²) >= 11 is 1.30. The van der Waals surface area contributed by atoms with E-state index in [1.165, 1.54) is 45.8 Å². The SMILES string of the molecule is Cl.Cl.OCCO.[C-]1=CC=CC1.[CH2]=[Zr].[CH3-].c1ccc2c(c1)[cH-]c1ccccc12. The number of benzene rings is 2. The number of hydrogen-bond acceptors (Lipinski definition) is 2. The van der Waals surface area contributed by atoms with Crippen LogP contribution < -0.4 is 0 Å². The van der Waals surface area contributed by atoms with Gasteiger partial charge in [0.05, 0.1) is 13.2 Å². The molecule has 0 unspecified atom stereocenters. The van der Waals surface area contributed by atoms with Crippen molar-refractivity contribution in [3.8, 4) is 0 Å². The molecule has 1 aliphatic rings. The van der Waals surface area contributed by atoms with Gasteiger partial charge in [-0.3, -0.25) is 6.08 Å². The topological polar surface area (TPSA) is 40.5 Å². The van der Waals surface area contributed by atoms with Gasteiger partial charge in [-0.25, -0.2) is 12.2 Å². The Hall–Kier alpha value is -0.957. The maximum absolute atomic E-state index is 7.62. The summed E-state index contributed by atoms with van der Waals surface area (Å²) in [5, 5.41) is 20.6. The van der Waals surface area contributed by atoms with Gasteiger partial charge in [0.15, 0.2) is 0 Å². The van der Waals surface area contributed by atoms with Gasteiger partial charge in [0.25, 0.3) is 0 Å². The summed E-state index contributed by atoms with van der Waals surface area (Å²) in [5.74, 6) is 0. The van der Waals surface area contributed by atoms with E-state index in [1.807, 2.05) is 12.2 Å². The van der Waals surface area contributed by atoms with Crippen LogP contribution in [0.3, 0.4) is 0 Å². The summed E-state index contributed by atoms with van der Waals surface area (Å²) in [6.45, 7) is -0.250. The van der Waals surface area contributed by atoms with Crippen LogP contribution in [0.2, 0.25) is 0 Å². The van der Waals surface area contributed by atoms with Gasteiger partial charge >= 0.3 is 28.4 Å². The second kappa shape index (κ2) is 19.8. The van der Waals surface area contributed by atoms with E-state index in [4.69, 9.17) is 10.2 Å². The molecule has 4 rings (SSSR count). The fourth-order valence-corrected chi connectivity index (χ4v) is 2.24. The molecule has 1 aliphatic carbocycles. The zero-order valence-corrected chi connectivity index (χ0v) is 19.6. The van der Waals surface area contributed by atoms with E-state index in [1.54, 1.807) is 0 Å². The van der Waals surface area contributed by atoms with E-state index in [0.29, 0.717) is 0 Å². The zero-order chi connectivity index (χ0) is 17.6. The first-order valence-corrected chi connectivity index (χ1v) is 9.42. The van der Waals surface area contributed by atoms with Crippen molar-refractivity contribution in [2.24, 2.45) is 0 Å².